The molecule has 146 valence electrons. The van der Waals surface area contributed by atoms with E-state index in [9.17, 15) is 4.79 Å². The zero-order chi connectivity index (χ0) is 19.3. The van der Waals surface area contributed by atoms with Crippen molar-refractivity contribution in [1.29, 1.82) is 0 Å². The summed E-state index contributed by atoms with van der Waals surface area (Å²) in [6, 6.07) is 11.3. The summed E-state index contributed by atoms with van der Waals surface area (Å²) in [5.74, 6) is 1.55. The number of fused-ring (bicyclic) bond motifs is 1. The minimum absolute atomic E-state index is 0.226. The summed E-state index contributed by atoms with van der Waals surface area (Å²) in [5.41, 5.74) is 8.23. The Bertz CT molecular complexity index is 849. The van der Waals surface area contributed by atoms with Crippen molar-refractivity contribution in [3.63, 3.8) is 0 Å². The second kappa shape index (κ2) is 8.80. The highest BCUT2D eigenvalue weighted by Crippen LogP contribution is 2.44. The number of aromatic nitrogens is 1. The number of nitrogens with one attached hydrogen (secondary N) is 1. The normalized spacial score (nSPS) is 21.1. The van der Waals surface area contributed by atoms with Crippen LogP contribution in [0.25, 0.3) is 0 Å². The molecule has 6 heteroatoms. The number of hydrogen-bond acceptors (Lipinski definition) is 5. The highest BCUT2D eigenvalue weighted by Gasteiger charge is 2.31. The molecule has 1 aliphatic heterocycles. The van der Waals surface area contributed by atoms with Crippen LogP contribution in [0.3, 0.4) is 0 Å². The van der Waals surface area contributed by atoms with Crippen molar-refractivity contribution < 1.29 is 9.53 Å². The molecule has 2 heterocycles. The average Bonchev–Trinajstić information content (AvgIpc) is 3.13. The number of ether oxygens (including phenoxy) is 1. The van der Waals surface area contributed by atoms with E-state index in [1.54, 1.807) is 17.7 Å². The molecular weight excluding hydrogens is 370 g/mol. The van der Waals surface area contributed by atoms with E-state index in [4.69, 9.17) is 10.5 Å². The van der Waals surface area contributed by atoms with Gasteiger partial charge in [-0.3, -0.25) is 4.79 Å². The van der Waals surface area contributed by atoms with E-state index >= 15 is 0 Å². The Labute approximate surface area is 169 Å². The Balaban J connectivity index is 1.26. The lowest BCUT2D eigenvalue weighted by atomic mass is 9.84. The first kappa shape index (κ1) is 19.0. The maximum Gasteiger partial charge on any atom is 0.267 e. The average molecular weight is 396 g/mol. The molecule has 2 aromatic rings. The number of primary amides is 1. The van der Waals surface area contributed by atoms with Gasteiger partial charge in [0, 0.05) is 18.3 Å². The van der Waals surface area contributed by atoms with Crippen LogP contribution in [-0.4, -0.2) is 22.7 Å². The molecule has 1 aromatic carbocycles. The lowest BCUT2D eigenvalue weighted by Gasteiger charge is -2.27. The zero-order valence-electron chi connectivity index (χ0n) is 15.8. The molecule has 1 amide bonds. The Hall–Kier alpha value is -2.31. The summed E-state index contributed by atoms with van der Waals surface area (Å²) in [5, 5.41) is 6.80. The molecule has 1 fully saturated rings. The van der Waals surface area contributed by atoms with Crippen LogP contribution in [0, 0.1) is 5.92 Å². The second-order valence-corrected chi connectivity index (χ2v) is 8.46. The Morgan fingerprint density at radius 2 is 1.89 bits per heavy atom. The molecule has 1 aliphatic carbocycles. The minimum Gasteiger partial charge on any atom is -0.456 e. The number of benzene rings is 1. The van der Waals surface area contributed by atoms with Gasteiger partial charge < -0.3 is 15.8 Å². The van der Waals surface area contributed by atoms with Gasteiger partial charge in [-0.1, -0.05) is 25.0 Å². The van der Waals surface area contributed by atoms with Crippen molar-refractivity contribution in [1.82, 2.24) is 10.3 Å². The number of carbonyl (C=O) groups is 1. The van der Waals surface area contributed by atoms with Gasteiger partial charge in [-0.2, -0.15) is 0 Å². The third-order valence-corrected chi connectivity index (χ3v) is 6.73. The SMILES string of the molecule is NC(=O)c1ccc(Oc2ccc(CNCC3=CS[C@H]4CCCCC34)cc2)cn1. The summed E-state index contributed by atoms with van der Waals surface area (Å²) >= 11 is 2.04. The van der Waals surface area contributed by atoms with Crippen molar-refractivity contribution in [3.8, 4) is 11.5 Å². The molecule has 0 saturated heterocycles. The first-order valence-corrected chi connectivity index (χ1v) is 10.7. The molecular formula is C22H25N3O2S. The van der Waals surface area contributed by atoms with Crippen LogP contribution in [0.4, 0.5) is 0 Å². The molecule has 0 spiro atoms. The summed E-state index contributed by atoms with van der Waals surface area (Å²) < 4.78 is 5.77. The van der Waals surface area contributed by atoms with Crippen LogP contribution in [-0.2, 0) is 6.54 Å². The van der Waals surface area contributed by atoms with E-state index < -0.39 is 5.91 Å². The number of pyridine rings is 1. The van der Waals surface area contributed by atoms with Gasteiger partial charge in [0.05, 0.1) is 6.20 Å². The van der Waals surface area contributed by atoms with E-state index in [1.165, 1.54) is 37.4 Å². The van der Waals surface area contributed by atoms with Gasteiger partial charge in [0.1, 0.15) is 17.2 Å². The maximum absolute atomic E-state index is 11.1. The molecule has 28 heavy (non-hydrogen) atoms. The number of nitrogens with zero attached hydrogens (tertiary/aromatic N) is 1. The van der Waals surface area contributed by atoms with Gasteiger partial charge in [-0.25, -0.2) is 4.98 Å². The standard InChI is InChI=1S/C22H25N3O2S/c23-22(26)20-10-9-18(13-25-20)27-17-7-5-15(6-8-17)11-24-12-16-14-28-21-4-2-1-3-19(16)21/h5-10,13-14,19,21,24H,1-4,11-12H2,(H2,23,26)/t19?,21-/m0/s1. The largest absolute Gasteiger partial charge is 0.456 e. The number of hydrogen-bond donors (Lipinski definition) is 2. The van der Waals surface area contributed by atoms with E-state index in [2.05, 4.69) is 27.8 Å². The van der Waals surface area contributed by atoms with Gasteiger partial charge in [0.25, 0.3) is 5.91 Å². The van der Waals surface area contributed by atoms with Crippen LogP contribution in [0.5, 0.6) is 11.5 Å². The van der Waals surface area contributed by atoms with Crippen LogP contribution in [0.1, 0.15) is 41.7 Å². The van der Waals surface area contributed by atoms with Gasteiger partial charge in [0.15, 0.2) is 0 Å². The number of thioether (sulfide) groups is 1. The molecule has 3 N–H and O–H groups in total. The highest BCUT2D eigenvalue weighted by atomic mass is 32.2. The van der Waals surface area contributed by atoms with Crippen molar-refractivity contribution in [2.75, 3.05) is 6.54 Å². The number of amides is 1. The van der Waals surface area contributed by atoms with Crippen molar-refractivity contribution in [2.24, 2.45) is 11.7 Å². The molecule has 1 aromatic heterocycles. The fourth-order valence-corrected chi connectivity index (χ4v) is 5.28. The van der Waals surface area contributed by atoms with Gasteiger partial charge >= 0.3 is 0 Å². The lowest BCUT2D eigenvalue weighted by molar-refractivity contribution is 0.0995. The quantitative estimate of drug-likeness (QED) is 0.733. The highest BCUT2D eigenvalue weighted by molar-refractivity contribution is 8.03. The first-order chi connectivity index (χ1) is 13.7. The topological polar surface area (TPSA) is 77.2 Å². The van der Waals surface area contributed by atoms with Crippen LogP contribution in [0.15, 0.2) is 53.6 Å². The zero-order valence-corrected chi connectivity index (χ0v) is 16.6. The molecule has 1 unspecified atom stereocenters. The van der Waals surface area contributed by atoms with Gasteiger partial charge in [-0.15, -0.1) is 11.8 Å². The van der Waals surface area contributed by atoms with E-state index in [0.717, 1.165) is 30.0 Å². The predicted octanol–water partition coefficient (Wildman–Crippen LogP) is 4.25. The summed E-state index contributed by atoms with van der Waals surface area (Å²) in [4.78, 5) is 15.0. The molecule has 0 bridgehead atoms. The van der Waals surface area contributed by atoms with E-state index in [-0.39, 0.29) is 5.69 Å². The minimum atomic E-state index is -0.547. The molecule has 2 atom stereocenters. The third-order valence-electron chi connectivity index (χ3n) is 5.38. The molecule has 0 radical (unpaired) electrons. The molecule has 2 aliphatic rings. The Morgan fingerprint density at radius 3 is 2.64 bits per heavy atom. The maximum atomic E-state index is 11.1. The number of carbonyl (C=O) groups excluding carboxylic acids is 1. The van der Waals surface area contributed by atoms with Crippen LogP contribution in [0.2, 0.25) is 0 Å². The van der Waals surface area contributed by atoms with Crippen LogP contribution < -0.4 is 15.8 Å². The molecule has 1 saturated carbocycles. The molecule has 5 nitrogen and oxygen atoms in total. The smallest absolute Gasteiger partial charge is 0.267 e. The summed E-state index contributed by atoms with van der Waals surface area (Å²) in [6.07, 6.45) is 7.00. The summed E-state index contributed by atoms with van der Waals surface area (Å²) in [6.45, 7) is 1.82. The van der Waals surface area contributed by atoms with Gasteiger partial charge in [-0.05, 0) is 59.6 Å². The monoisotopic (exact) mass is 395 g/mol. The Kier molecular flexibility index (Phi) is 5.98. The predicted molar refractivity (Wildman–Crippen MR) is 112 cm³/mol. The lowest BCUT2D eigenvalue weighted by Crippen LogP contribution is -2.25. The fourth-order valence-electron chi connectivity index (χ4n) is 3.87. The van der Waals surface area contributed by atoms with Crippen molar-refractivity contribution in [3.05, 3.63) is 64.8 Å². The molecule has 4 rings (SSSR count). The third kappa shape index (κ3) is 4.56. The van der Waals surface area contributed by atoms with E-state index in [0.29, 0.717) is 5.75 Å². The van der Waals surface area contributed by atoms with Gasteiger partial charge in [0.2, 0.25) is 0 Å². The van der Waals surface area contributed by atoms with Crippen LogP contribution >= 0.6 is 11.8 Å². The van der Waals surface area contributed by atoms with Crippen molar-refractivity contribution >= 4 is 17.7 Å². The number of rotatable bonds is 7. The number of nitrogens with two attached hydrogens (primary N) is 1. The second-order valence-electron chi connectivity index (χ2n) is 7.35. The van der Waals surface area contributed by atoms with Crippen molar-refractivity contribution in [2.45, 2.75) is 37.5 Å². The fraction of sp³-hybridized carbons (Fsp3) is 0.364. The van der Waals surface area contributed by atoms with E-state index in [1.807, 2.05) is 23.9 Å². The Morgan fingerprint density at radius 1 is 1.11 bits per heavy atom. The summed E-state index contributed by atoms with van der Waals surface area (Å²) in [7, 11) is 0. The first-order valence-electron chi connectivity index (χ1n) is 9.77.